The van der Waals surface area contributed by atoms with Crippen LogP contribution in [0.5, 0.6) is 0 Å². The first-order valence-corrected chi connectivity index (χ1v) is 6.55. The van der Waals surface area contributed by atoms with E-state index in [1.807, 2.05) is 18.2 Å². The van der Waals surface area contributed by atoms with Gasteiger partial charge in [-0.05, 0) is 12.1 Å². The third-order valence-electron chi connectivity index (χ3n) is 2.75. The van der Waals surface area contributed by atoms with Crippen LogP contribution in [0, 0.1) is 0 Å². The van der Waals surface area contributed by atoms with Crippen LogP contribution in [0.1, 0.15) is 16.1 Å². The van der Waals surface area contributed by atoms with E-state index < -0.39 is 5.97 Å². The normalized spacial score (nSPS) is 14.8. The van der Waals surface area contributed by atoms with Gasteiger partial charge in [-0.25, -0.2) is 9.78 Å². The molecule has 0 fully saturated rings. The smallest absolute Gasteiger partial charge is 0.336 e. The number of nitrogens with zero attached hydrogens (tertiary/aromatic N) is 2. The summed E-state index contributed by atoms with van der Waals surface area (Å²) in [5.74, 6) is 0.00476. The zero-order valence-corrected chi connectivity index (χ0v) is 10.3. The predicted molar refractivity (Wildman–Crippen MR) is 72.6 cm³/mol. The van der Waals surface area contributed by atoms with Gasteiger partial charge in [0.1, 0.15) is 5.04 Å². The van der Waals surface area contributed by atoms with E-state index in [-0.39, 0.29) is 5.56 Å². The van der Waals surface area contributed by atoms with Gasteiger partial charge in [-0.3, -0.25) is 4.99 Å². The lowest BCUT2D eigenvalue weighted by Crippen LogP contribution is -2.04. The first kappa shape index (κ1) is 11.2. The molecule has 2 heterocycles. The summed E-state index contributed by atoms with van der Waals surface area (Å²) in [5, 5.41) is 10.8. The molecule has 1 aromatic carbocycles. The van der Waals surface area contributed by atoms with Crippen molar-refractivity contribution in [3.8, 4) is 0 Å². The minimum Gasteiger partial charge on any atom is -0.478 e. The lowest BCUT2D eigenvalue weighted by Gasteiger charge is -2.06. The van der Waals surface area contributed by atoms with Crippen molar-refractivity contribution < 1.29 is 9.90 Å². The summed E-state index contributed by atoms with van der Waals surface area (Å²) in [7, 11) is 0. The van der Waals surface area contributed by atoms with Crippen LogP contribution < -0.4 is 0 Å². The molecule has 1 aliphatic rings. The van der Waals surface area contributed by atoms with Gasteiger partial charge in [-0.2, -0.15) is 0 Å². The molecule has 0 atom stereocenters. The molecule has 18 heavy (non-hydrogen) atoms. The van der Waals surface area contributed by atoms with Crippen molar-refractivity contribution in [1.82, 2.24) is 4.98 Å². The zero-order valence-electron chi connectivity index (χ0n) is 9.46. The highest BCUT2D eigenvalue weighted by atomic mass is 32.2. The fraction of sp³-hybridized carbons (Fsp3) is 0.154. The second-order valence-electron chi connectivity index (χ2n) is 3.91. The van der Waals surface area contributed by atoms with Crippen LogP contribution in [0.15, 0.2) is 35.3 Å². The Balaban J connectivity index is 2.26. The summed E-state index contributed by atoms with van der Waals surface area (Å²) in [6.45, 7) is 0.775. The molecule has 0 unspecified atom stereocenters. The largest absolute Gasteiger partial charge is 0.478 e. The van der Waals surface area contributed by atoms with E-state index in [1.165, 1.54) is 0 Å². The van der Waals surface area contributed by atoms with Crippen molar-refractivity contribution in [2.75, 3.05) is 12.3 Å². The topological polar surface area (TPSA) is 62.5 Å². The van der Waals surface area contributed by atoms with Gasteiger partial charge in [-0.1, -0.05) is 18.2 Å². The molecule has 0 aliphatic carbocycles. The summed E-state index contributed by atoms with van der Waals surface area (Å²) in [6.07, 6.45) is 0. The van der Waals surface area contributed by atoms with Gasteiger partial charge in [0.25, 0.3) is 0 Å². The standard InChI is InChI=1S/C13H10N2O2S/c16-13(17)9-7-11(12-14-5-6-18-12)15-10-4-2-1-3-8(9)10/h1-4,7H,5-6H2,(H,16,17). The maximum atomic E-state index is 11.3. The number of carbonyl (C=O) groups is 1. The molecule has 0 bridgehead atoms. The lowest BCUT2D eigenvalue weighted by atomic mass is 10.1. The first-order chi connectivity index (χ1) is 8.75. The minimum absolute atomic E-state index is 0.283. The van der Waals surface area contributed by atoms with Crippen LogP contribution in [0.25, 0.3) is 10.9 Å². The second-order valence-corrected chi connectivity index (χ2v) is 5.00. The third kappa shape index (κ3) is 1.86. The van der Waals surface area contributed by atoms with Gasteiger partial charge < -0.3 is 5.11 Å². The molecule has 3 rings (SSSR count). The Labute approximate surface area is 108 Å². The van der Waals surface area contributed by atoms with Crippen molar-refractivity contribution in [2.45, 2.75) is 0 Å². The number of rotatable bonds is 2. The van der Waals surface area contributed by atoms with Crippen LogP contribution in [-0.4, -0.2) is 33.4 Å². The molecule has 0 saturated carbocycles. The predicted octanol–water partition coefficient (Wildman–Crippen LogP) is 2.43. The van der Waals surface area contributed by atoms with Crippen LogP contribution in [0.4, 0.5) is 0 Å². The van der Waals surface area contributed by atoms with Gasteiger partial charge in [0.15, 0.2) is 0 Å². The van der Waals surface area contributed by atoms with Crippen LogP contribution >= 0.6 is 11.8 Å². The SMILES string of the molecule is O=C(O)c1cc(C2=NCCS2)nc2ccccc12. The van der Waals surface area contributed by atoms with E-state index in [2.05, 4.69) is 9.98 Å². The summed E-state index contributed by atoms with van der Waals surface area (Å²) in [6, 6.07) is 8.89. The summed E-state index contributed by atoms with van der Waals surface area (Å²) >= 11 is 1.62. The number of pyridine rings is 1. The van der Waals surface area contributed by atoms with Crippen LogP contribution in [-0.2, 0) is 0 Å². The van der Waals surface area contributed by atoms with Crippen molar-refractivity contribution in [1.29, 1.82) is 0 Å². The number of aromatic nitrogens is 1. The highest BCUT2D eigenvalue weighted by Gasteiger charge is 2.16. The molecule has 0 radical (unpaired) electrons. The Kier molecular flexibility index (Phi) is 2.76. The monoisotopic (exact) mass is 258 g/mol. The number of aliphatic imine (C=N–C) groups is 1. The maximum Gasteiger partial charge on any atom is 0.336 e. The number of para-hydroxylation sites is 1. The Morgan fingerprint density at radius 2 is 2.17 bits per heavy atom. The highest BCUT2D eigenvalue weighted by molar-refractivity contribution is 8.14. The summed E-state index contributed by atoms with van der Waals surface area (Å²) in [4.78, 5) is 20.1. The molecule has 0 amide bonds. The number of thioether (sulfide) groups is 1. The van der Waals surface area contributed by atoms with E-state index >= 15 is 0 Å². The molecule has 0 spiro atoms. The van der Waals surface area contributed by atoms with E-state index in [4.69, 9.17) is 0 Å². The van der Waals surface area contributed by atoms with Crippen LogP contribution in [0.2, 0.25) is 0 Å². The van der Waals surface area contributed by atoms with Gasteiger partial charge in [0.2, 0.25) is 0 Å². The number of hydrogen-bond donors (Lipinski definition) is 1. The van der Waals surface area contributed by atoms with Gasteiger partial charge >= 0.3 is 5.97 Å². The Morgan fingerprint density at radius 3 is 2.89 bits per heavy atom. The second kappa shape index (κ2) is 4.42. The highest BCUT2D eigenvalue weighted by Crippen LogP contribution is 2.23. The van der Waals surface area contributed by atoms with E-state index in [0.29, 0.717) is 16.6 Å². The van der Waals surface area contributed by atoms with Crippen molar-refractivity contribution in [2.24, 2.45) is 4.99 Å². The van der Waals surface area contributed by atoms with E-state index in [9.17, 15) is 9.90 Å². The first-order valence-electron chi connectivity index (χ1n) is 5.56. The van der Waals surface area contributed by atoms with E-state index in [1.54, 1.807) is 23.9 Å². The zero-order chi connectivity index (χ0) is 12.5. The van der Waals surface area contributed by atoms with Crippen molar-refractivity contribution in [3.63, 3.8) is 0 Å². The van der Waals surface area contributed by atoms with Crippen molar-refractivity contribution >= 4 is 33.7 Å². The Bertz CT molecular complexity index is 667. The number of aromatic carboxylic acids is 1. The molecular formula is C13H10N2O2S. The minimum atomic E-state index is -0.932. The van der Waals surface area contributed by atoms with Crippen molar-refractivity contribution in [3.05, 3.63) is 41.6 Å². The van der Waals surface area contributed by atoms with Crippen LogP contribution in [0.3, 0.4) is 0 Å². The third-order valence-corrected chi connectivity index (χ3v) is 3.75. The molecule has 0 saturated heterocycles. The fourth-order valence-electron chi connectivity index (χ4n) is 1.95. The number of carboxylic acids is 1. The molecule has 1 N–H and O–H groups in total. The number of benzene rings is 1. The number of fused-ring (bicyclic) bond motifs is 1. The average molecular weight is 258 g/mol. The molecule has 4 nitrogen and oxygen atoms in total. The Hall–Kier alpha value is -1.88. The molecular weight excluding hydrogens is 248 g/mol. The average Bonchev–Trinajstić information content (AvgIpc) is 2.91. The van der Waals surface area contributed by atoms with Gasteiger partial charge in [0.05, 0.1) is 16.8 Å². The molecule has 1 aromatic heterocycles. The quantitative estimate of drug-likeness (QED) is 0.898. The number of carboxylic acid groups (broad SMARTS) is 1. The van der Waals surface area contributed by atoms with Gasteiger partial charge in [0, 0.05) is 17.7 Å². The maximum absolute atomic E-state index is 11.3. The molecule has 2 aromatic rings. The molecule has 1 aliphatic heterocycles. The van der Waals surface area contributed by atoms with E-state index in [0.717, 1.165) is 17.3 Å². The fourth-order valence-corrected chi connectivity index (χ4v) is 2.76. The molecule has 90 valence electrons. The molecule has 5 heteroatoms. The Morgan fingerprint density at radius 1 is 1.33 bits per heavy atom. The summed E-state index contributed by atoms with van der Waals surface area (Å²) in [5.41, 5.74) is 1.64. The number of hydrogen-bond acceptors (Lipinski definition) is 4. The summed E-state index contributed by atoms with van der Waals surface area (Å²) < 4.78 is 0. The lowest BCUT2D eigenvalue weighted by molar-refractivity contribution is 0.0699. The van der Waals surface area contributed by atoms with Gasteiger partial charge in [-0.15, -0.1) is 11.8 Å².